The third kappa shape index (κ3) is 12.5. The highest BCUT2D eigenvalue weighted by Gasteiger charge is 2.58. The highest BCUT2D eigenvalue weighted by molar-refractivity contribution is 7.69. The molecule has 426 valence electrons. The lowest BCUT2D eigenvalue weighted by atomic mass is 9.99. The quantitative estimate of drug-likeness (QED) is 0.0234. The van der Waals surface area contributed by atoms with Gasteiger partial charge in [-0.15, -0.1) is 0 Å². The van der Waals surface area contributed by atoms with Crippen molar-refractivity contribution in [2.24, 2.45) is 13.0 Å². The van der Waals surface area contributed by atoms with Crippen molar-refractivity contribution >= 4 is 73.0 Å². The molecule has 5 aromatic rings. The van der Waals surface area contributed by atoms with Gasteiger partial charge in [0.2, 0.25) is 11.7 Å². The van der Waals surface area contributed by atoms with Crippen LogP contribution in [0.5, 0.6) is 0 Å². The fourth-order valence-corrected chi connectivity index (χ4v) is 15.3. The zero-order chi connectivity index (χ0) is 56.3. The number of hydrogen-bond acceptors (Lipinski definition) is 28. The molecule has 0 bridgehead atoms. The van der Waals surface area contributed by atoms with Crippen LogP contribution in [0.25, 0.3) is 22.3 Å². The average Bonchev–Trinajstić information content (AvgIpc) is 4.13. The molecule has 8 heterocycles. The number of fused-ring (bicyclic) bond motifs is 2. The first kappa shape index (κ1) is 58.7. The molecule has 3 aliphatic rings. The number of aryl methyl sites for hydroxylation is 1. The van der Waals surface area contributed by atoms with Crippen LogP contribution >= 0.6 is 38.9 Å². The number of ether oxygens (including phenoxy) is 5. The van der Waals surface area contributed by atoms with Crippen molar-refractivity contribution in [1.29, 1.82) is 0 Å². The predicted octanol–water partition coefficient (Wildman–Crippen LogP) is -3.79. The maximum absolute atomic E-state index is 14.3. The molecule has 17 atom stereocenters. The minimum absolute atomic E-state index is 0.00231. The number of aromatic amines is 2. The van der Waals surface area contributed by atoms with Crippen molar-refractivity contribution in [2.45, 2.75) is 67.1 Å². The van der Waals surface area contributed by atoms with Crippen molar-refractivity contribution < 1.29 is 117 Å². The maximum Gasteiger partial charge on any atom is 0.490 e. The Bertz CT molecular complexity index is 3450. The molecule has 8 rings (SSSR count). The molecule has 0 radical (unpaired) electrons. The second-order valence-electron chi connectivity index (χ2n) is 16.9. The Morgan fingerprint density at radius 1 is 0.740 bits per heavy atom. The number of anilines is 2. The number of aliphatic hydroxyl groups excluding tert-OH is 3. The van der Waals surface area contributed by atoms with E-state index in [0.717, 1.165) is 36.6 Å². The molecule has 3 aliphatic heterocycles. The van der Waals surface area contributed by atoms with E-state index in [0.29, 0.717) is 4.57 Å². The number of nitrogens with zero attached hydrogens (tertiary/aromatic N) is 8. The largest absolute Gasteiger partial charge is 0.490 e. The molecular weight excluding hydrogens is 1150 g/mol. The number of aliphatic hydroxyl groups is 3. The third-order valence-electron chi connectivity index (χ3n) is 11.9. The van der Waals surface area contributed by atoms with E-state index in [9.17, 15) is 77.0 Å². The van der Waals surface area contributed by atoms with E-state index in [2.05, 4.69) is 37.9 Å². The van der Waals surface area contributed by atoms with E-state index >= 15 is 0 Å². The molecule has 39 nitrogen and oxygen atoms in total. The second kappa shape index (κ2) is 22.2. The van der Waals surface area contributed by atoms with Crippen LogP contribution in [-0.4, -0.2) is 172 Å². The zero-order valence-electron chi connectivity index (χ0n) is 39.4. The van der Waals surface area contributed by atoms with E-state index in [4.69, 9.17) is 48.7 Å². The average molecular weight is 1200 g/mol. The summed E-state index contributed by atoms with van der Waals surface area (Å²) >= 11 is 0. The second-order valence-corrected chi connectivity index (χ2v) is 25.1. The number of hydrogen-bond donors (Lipinski definition) is 12. The highest BCUT2D eigenvalue weighted by atomic mass is 31.3. The van der Waals surface area contributed by atoms with Gasteiger partial charge in [0.05, 0.1) is 45.9 Å². The number of imidazole rings is 2. The van der Waals surface area contributed by atoms with Crippen LogP contribution in [0.1, 0.15) is 18.7 Å². The van der Waals surface area contributed by atoms with E-state index in [1.165, 1.54) is 29.6 Å². The zero-order valence-corrected chi connectivity index (χ0v) is 43.9. The van der Waals surface area contributed by atoms with E-state index < -0.39 is 149 Å². The number of aromatic nitrogens is 10. The summed E-state index contributed by atoms with van der Waals surface area (Å²) in [6, 6.07) is 0.908. The Morgan fingerprint density at radius 2 is 1.36 bits per heavy atom. The van der Waals surface area contributed by atoms with E-state index in [-0.39, 0.29) is 40.7 Å². The Labute approximate surface area is 427 Å². The number of nitrogens with two attached hydrogens (primary N) is 2. The molecule has 3 fully saturated rings. The summed E-state index contributed by atoms with van der Waals surface area (Å²) in [4.78, 5) is 110. The smallest absolute Gasteiger partial charge is 0.387 e. The number of nitrogens with one attached hydrogen (secondary N) is 2. The van der Waals surface area contributed by atoms with Gasteiger partial charge < -0.3 is 79.5 Å². The summed E-state index contributed by atoms with van der Waals surface area (Å²) in [6.45, 7) is -3.74. The van der Waals surface area contributed by atoms with Crippen LogP contribution in [0, 0.1) is 5.92 Å². The SMILES string of the molecule is COC[C@H]1[C@@H](O)[C@H]([n+]2cn(C)c3c(=O)[nH]c(N)nc32)O[C@@H]1COP(=O)(O)OP(=O)(O)OP(=O)(O)OP(=O)(O)OCC1O[C@@H](n2cnc3c(N)ncnc32)[C@H](OC)[C@@H]1P(=O)(O)OC[C@H]1O[C@@H](n2ccc(=O)[nH]c2=O)[C@H](O)[C@@H]1O. The van der Waals surface area contributed by atoms with Crippen molar-refractivity contribution in [3.8, 4) is 0 Å². The van der Waals surface area contributed by atoms with Gasteiger partial charge in [0.15, 0.2) is 30.2 Å². The van der Waals surface area contributed by atoms with Gasteiger partial charge in [0.25, 0.3) is 17.1 Å². The van der Waals surface area contributed by atoms with Crippen molar-refractivity contribution in [3.63, 3.8) is 0 Å². The first-order chi connectivity index (χ1) is 36.0. The van der Waals surface area contributed by atoms with Gasteiger partial charge in [-0.3, -0.25) is 46.9 Å². The number of rotatable bonds is 22. The van der Waals surface area contributed by atoms with Gasteiger partial charge in [0, 0.05) is 32.4 Å². The third-order valence-corrected chi connectivity index (χ3v) is 19.7. The van der Waals surface area contributed by atoms with Crippen LogP contribution in [-0.2, 0) is 80.1 Å². The fraction of sp³-hybridized carbons (Fsp3) is 0.576. The van der Waals surface area contributed by atoms with E-state index in [1.807, 2.05) is 4.98 Å². The number of methoxy groups -OCH3 is 2. The molecule has 14 N–H and O–H groups in total. The van der Waals surface area contributed by atoms with E-state index in [1.54, 1.807) is 0 Å². The summed E-state index contributed by atoms with van der Waals surface area (Å²) in [5, 5.41) is 32.7. The van der Waals surface area contributed by atoms with Gasteiger partial charge in [-0.1, -0.05) is 4.98 Å². The van der Waals surface area contributed by atoms with Gasteiger partial charge in [-0.25, -0.2) is 42.6 Å². The minimum Gasteiger partial charge on any atom is -0.387 e. The Morgan fingerprint density at radius 3 is 2.00 bits per heavy atom. The Kier molecular flexibility index (Phi) is 17.0. The van der Waals surface area contributed by atoms with Gasteiger partial charge >= 0.3 is 50.2 Å². The Balaban J connectivity index is 0.936. The van der Waals surface area contributed by atoms with Crippen molar-refractivity contribution in [2.75, 3.05) is 52.1 Å². The normalized spacial score (nSPS) is 30.7. The molecule has 5 aromatic heterocycles. The predicted molar refractivity (Wildman–Crippen MR) is 247 cm³/mol. The van der Waals surface area contributed by atoms with Crippen LogP contribution in [0.3, 0.4) is 0 Å². The molecule has 44 heteroatoms. The molecule has 3 saturated heterocycles. The first-order valence-corrected chi connectivity index (χ1v) is 29.3. The molecule has 77 heavy (non-hydrogen) atoms. The summed E-state index contributed by atoms with van der Waals surface area (Å²) in [5.74, 6) is -1.50. The number of phosphoric ester groups is 2. The monoisotopic (exact) mass is 1200 g/mol. The van der Waals surface area contributed by atoms with Crippen LogP contribution in [0.2, 0.25) is 0 Å². The lowest BCUT2D eigenvalue weighted by Gasteiger charge is -2.28. The lowest BCUT2D eigenvalue weighted by molar-refractivity contribution is -0.745. The van der Waals surface area contributed by atoms with Crippen molar-refractivity contribution in [1.82, 2.24) is 43.6 Å². The maximum atomic E-state index is 14.3. The summed E-state index contributed by atoms with van der Waals surface area (Å²) < 4.78 is 126. The molecule has 0 aliphatic carbocycles. The van der Waals surface area contributed by atoms with Crippen LogP contribution in [0.4, 0.5) is 11.8 Å². The first-order valence-electron chi connectivity index (χ1n) is 21.7. The molecule has 0 spiro atoms. The van der Waals surface area contributed by atoms with Gasteiger partial charge in [0.1, 0.15) is 54.1 Å². The fourth-order valence-electron chi connectivity index (χ4n) is 8.62. The topological polar surface area (TPSA) is 554 Å². The van der Waals surface area contributed by atoms with Gasteiger partial charge in [-0.05, 0) is 0 Å². The lowest BCUT2D eigenvalue weighted by Crippen LogP contribution is -2.45. The number of H-pyrrole nitrogens is 2. The number of phosphoric acid groups is 4. The minimum atomic E-state index is -6.45. The molecular formula is C33H48N12O27P5+. The van der Waals surface area contributed by atoms with Gasteiger partial charge in [-0.2, -0.15) is 12.9 Å². The van der Waals surface area contributed by atoms with Crippen molar-refractivity contribution in [3.05, 3.63) is 62.4 Å². The molecule has 0 saturated carbocycles. The summed E-state index contributed by atoms with van der Waals surface area (Å²) in [6.07, 6.45) is -12.2. The molecule has 6 unspecified atom stereocenters. The summed E-state index contributed by atoms with van der Waals surface area (Å²) in [7, 11) is -26.5. The summed E-state index contributed by atoms with van der Waals surface area (Å²) in [5.41, 5.74) is 6.99. The van der Waals surface area contributed by atoms with Crippen LogP contribution < -0.4 is 32.8 Å². The standard InChI is InChI=1S/C33H47N12O27P5/c1-42-12-45(27-19(42)28(50)41-32(35)40-27)29-20(47)13(6-62-2)14(67-29)7-65-74(54,55)70-76(58,59)72-77(60,61)71-75(56,57)66-9-16-24(23(63-3)31(69-16)44-11-38-18-25(34)36-10-37-26(18)44)73(52,53)64-8-15-21(48)22(49)30(68-15)43-5-4-17(46)39-33(43)51/h4-5,10-16,20-24,29-31,47-49H,6-9H2,1-3H3,(H10-,34,35,36,37,39,40,41,46,50,51,52,53,54,55,56,57,58,59,60,61)/p+1/t13-,14-,15-,16?,20-,21-,22-,23-,24-,29-,30-,31-/m1/s1. The highest BCUT2D eigenvalue weighted by Crippen LogP contribution is 2.72. The molecule has 0 aromatic carbocycles. The number of nitrogen functional groups attached to an aromatic ring is 2. The van der Waals surface area contributed by atoms with Crippen LogP contribution in [0.15, 0.2) is 45.6 Å². The molecule has 0 amide bonds. The Hall–Kier alpha value is -4.43.